The van der Waals surface area contributed by atoms with Crippen molar-refractivity contribution in [2.75, 3.05) is 0 Å². The molecule has 5 rings (SSSR count). The number of nitrogens with zero attached hydrogens (tertiary/aromatic N) is 5. The molecule has 1 fully saturated rings. The molecule has 6 nitrogen and oxygen atoms in total. The summed E-state index contributed by atoms with van der Waals surface area (Å²) in [6.45, 7) is 0. The zero-order chi connectivity index (χ0) is 17.5. The SMILES string of the molecule is O=c1c2ccccc2nnn1CSc1nc(C2CC2)nc2ccccc12. The normalized spacial score (nSPS) is 14.2. The summed E-state index contributed by atoms with van der Waals surface area (Å²) < 4.78 is 1.39. The van der Waals surface area contributed by atoms with Gasteiger partial charge < -0.3 is 0 Å². The van der Waals surface area contributed by atoms with Crippen molar-refractivity contribution in [2.24, 2.45) is 0 Å². The first-order chi connectivity index (χ1) is 12.8. The van der Waals surface area contributed by atoms with Gasteiger partial charge in [0.25, 0.3) is 5.56 Å². The van der Waals surface area contributed by atoms with Crippen LogP contribution in [0.1, 0.15) is 24.6 Å². The minimum absolute atomic E-state index is 0.135. The van der Waals surface area contributed by atoms with Crippen LogP contribution in [-0.2, 0) is 5.88 Å². The molecule has 2 aromatic carbocycles. The van der Waals surface area contributed by atoms with Gasteiger partial charge in [0.1, 0.15) is 16.4 Å². The second-order valence-electron chi connectivity index (χ2n) is 6.36. The third kappa shape index (κ3) is 2.74. The van der Waals surface area contributed by atoms with Crippen LogP contribution in [0.4, 0.5) is 0 Å². The van der Waals surface area contributed by atoms with Crippen molar-refractivity contribution in [1.29, 1.82) is 0 Å². The maximum atomic E-state index is 12.6. The molecule has 0 radical (unpaired) electrons. The highest BCUT2D eigenvalue weighted by molar-refractivity contribution is 7.98. The van der Waals surface area contributed by atoms with Crippen molar-refractivity contribution in [1.82, 2.24) is 25.0 Å². The summed E-state index contributed by atoms with van der Waals surface area (Å²) in [6.07, 6.45) is 2.30. The molecule has 0 spiro atoms. The Balaban J connectivity index is 1.52. The van der Waals surface area contributed by atoms with Crippen LogP contribution in [0.5, 0.6) is 0 Å². The zero-order valence-electron chi connectivity index (χ0n) is 13.9. The molecular weight excluding hydrogens is 346 g/mol. The van der Waals surface area contributed by atoms with Crippen molar-refractivity contribution in [3.8, 4) is 0 Å². The molecule has 0 unspecified atom stereocenters. The van der Waals surface area contributed by atoms with E-state index in [1.54, 1.807) is 12.1 Å². The number of aromatic nitrogens is 5. The van der Waals surface area contributed by atoms with E-state index in [9.17, 15) is 4.79 Å². The molecule has 0 aliphatic heterocycles. The van der Waals surface area contributed by atoms with E-state index in [1.165, 1.54) is 16.4 Å². The molecule has 1 aliphatic carbocycles. The first-order valence-electron chi connectivity index (χ1n) is 8.51. The second-order valence-corrected chi connectivity index (χ2v) is 7.30. The molecule has 4 aromatic rings. The summed E-state index contributed by atoms with van der Waals surface area (Å²) in [6, 6.07) is 15.2. The van der Waals surface area contributed by atoms with E-state index in [1.807, 2.05) is 36.4 Å². The fourth-order valence-electron chi connectivity index (χ4n) is 2.93. The summed E-state index contributed by atoms with van der Waals surface area (Å²) >= 11 is 1.49. The van der Waals surface area contributed by atoms with Gasteiger partial charge in [0, 0.05) is 11.3 Å². The number of hydrogen-bond acceptors (Lipinski definition) is 6. The molecule has 1 aliphatic rings. The number of benzene rings is 2. The third-order valence-electron chi connectivity index (χ3n) is 4.48. The van der Waals surface area contributed by atoms with Crippen LogP contribution in [0.3, 0.4) is 0 Å². The fourth-order valence-corrected chi connectivity index (χ4v) is 3.83. The summed E-state index contributed by atoms with van der Waals surface area (Å²) in [4.78, 5) is 22.1. The van der Waals surface area contributed by atoms with Crippen molar-refractivity contribution in [3.05, 3.63) is 64.7 Å². The average Bonchev–Trinajstić information content (AvgIpc) is 3.53. The first-order valence-corrected chi connectivity index (χ1v) is 9.50. The maximum Gasteiger partial charge on any atom is 0.278 e. The topological polar surface area (TPSA) is 73.6 Å². The second kappa shape index (κ2) is 6.17. The Morgan fingerprint density at radius 1 is 0.962 bits per heavy atom. The summed E-state index contributed by atoms with van der Waals surface area (Å²) in [7, 11) is 0. The minimum atomic E-state index is -0.135. The number of hydrogen-bond donors (Lipinski definition) is 0. The maximum absolute atomic E-state index is 12.6. The van der Waals surface area contributed by atoms with E-state index in [4.69, 9.17) is 9.97 Å². The lowest BCUT2D eigenvalue weighted by molar-refractivity contribution is 0.644. The number of thioether (sulfide) groups is 1. The molecule has 0 bridgehead atoms. The van der Waals surface area contributed by atoms with Gasteiger partial charge in [-0.3, -0.25) is 4.79 Å². The van der Waals surface area contributed by atoms with Gasteiger partial charge in [-0.05, 0) is 31.0 Å². The van der Waals surface area contributed by atoms with Crippen LogP contribution in [0.15, 0.2) is 58.4 Å². The summed E-state index contributed by atoms with van der Waals surface area (Å²) in [5.74, 6) is 1.74. The molecule has 7 heteroatoms. The Labute approximate surface area is 153 Å². The van der Waals surface area contributed by atoms with Gasteiger partial charge in [0.15, 0.2) is 0 Å². The Morgan fingerprint density at radius 3 is 2.50 bits per heavy atom. The quantitative estimate of drug-likeness (QED) is 0.410. The largest absolute Gasteiger partial charge is 0.278 e. The van der Waals surface area contributed by atoms with Gasteiger partial charge >= 0.3 is 0 Å². The fraction of sp³-hybridized carbons (Fsp3) is 0.211. The van der Waals surface area contributed by atoms with Gasteiger partial charge in [0.05, 0.1) is 16.8 Å². The third-order valence-corrected chi connectivity index (χ3v) is 5.44. The van der Waals surface area contributed by atoms with Crippen LogP contribution in [0, 0.1) is 0 Å². The number of para-hydroxylation sites is 1. The Kier molecular flexibility index (Phi) is 3.67. The average molecular weight is 361 g/mol. The zero-order valence-corrected chi connectivity index (χ0v) is 14.7. The number of fused-ring (bicyclic) bond motifs is 2. The highest BCUT2D eigenvalue weighted by Crippen LogP contribution is 2.39. The van der Waals surface area contributed by atoms with E-state index in [2.05, 4.69) is 10.3 Å². The molecule has 26 heavy (non-hydrogen) atoms. The van der Waals surface area contributed by atoms with Crippen LogP contribution < -0.4 is 5.56 Å². The van der Waals surface area contributed by atoms with E-state index < -0.39 is 0 Å². The van der Waals surface area contributed by atoms with Gasteiger partial charge in [-0.1, -0.05) is 47.3 Å². The van der Waals surface area contributed by atoms with Gasteiger partial charge in [-0.15, -0.1) is 5.10 Å². The summed E-state index contributed by atoms with van der Waals surface area (Å²) in [5, 5.41) is 10.7. The lowest BCUT2D eigenvalue weighted by Crippen LogP contribution is -2.23. The predicted octanol–water partition coefficient (Wildman–Crippen LogP) is 3.36. The van der Waals surface area contributed by atoms with Crippen LogP contribution in [0.25, 0.3) is 21.8 Å². The van der Waals surface area contributed by atoms with Crippen molar-refractivity contribution in [2.45, 2.75) is 29.7 Å². The minimum Gasteiger partial charge on any atom is -0.267 e. The molecule has 0 atom stereocenters. The van der Waals surface area contributed by atoms with Gasteiger partial charge in [0.2, 0.25) is 0 Å². The molecule has 0 saturated heterocycles. The monoisotopic (exact) mass is 361 g/mol. The van der Waals surface area contributed by atoms with Crippen molar-refractivity contribution >= 4 is 33.6 Å². The Hall–Kier alpha value is -2.80. The van der Waals surface area contributed by atoms with E-state index in [0.29, 0.717) is 22.7 Å². The Morgan fingerprint density at radius 2 is 1.69 bits per heavy atom. The molecule has 0 amide bonds. The molecule has 0 N–H and O–H groups in total. The molecule has 128 valence electrons. The van der Waals surface area contributed by atoms with E-state index in [-0.39, 0.29) is 5.56 Å². The molecular formula is C19H15N5OS. The van der Waals surface area contributed by atoms with Crippen LogP contribution in [0.2, 0.25) is 0 Å². The highest BCUT2D eigenvalue weighted by Gasteiger charge is 2.27. The van der Waals surface area contributed by atoms with E-state index >= 15 is 0 Å². The van der Waals surface area contributed by atoms with Gasteiger partial charge in [-0.25, -0.2) is 9.97 Å². The molecule has 2 aromatic heterocycles. The highest BCUT2D eigenvalue weighted by atomic mass is 32.2. The summed E-state index contributed by atoms with van der Waals surface area (Å²) in [5.41, 5.74) is 1.43. The molecule has 2 heterocycles. The molecule has 1 saturated carbocycles. The number of rotatable bonds is 4. The first kappa shape index (κ1) is 15.5. The smallest absolute Gasteiger partial charge is 0.267 e. The van der Waals surface area contributed by atoms with Gasteiger partial charge in [-0.2, -0.15) is 4.68 Å². The lowest BCUT2D eigenvalue weighted by Gasteiger charge is -2.08. The van der Waals surface area contributed by atoms with Crippen molar-refractivity contribution in [3.63, 3.8) is 0 Å². The Bertz CT molecular complexity index is 1190. The van der Waals surface area contributed by atoms with Crippen LogP contribution in [-0.4, -0.2) is 25.0 Å². The predicted molar refractivity (Wildman–Crippen MR) is 101 cm³/mol. The van der Waals surface area contributed by atoms with E-state index in [0.717, 1.165) is 34.6 Å². The standard InChI is InChI=1S/C19H15N5OS/c25-19-14-6-2-4-8-16(14)22-23-24(19)11-26-18-13-5-1-3-7-15(13)20-17(21-18)12-9-10-12/h1-8,12H,9-11H2. The van der Waals surface area contributed by atoms with Crippen molar-refractivity contribution < 1.29 is 0 Å². The van der Waals surface area contributed by atoms with Crippen LogP contribution >= 0.6 is 11.8 Å². The lowest BCUT2D eigenvalue weighted by atomic mass is 10.2.